The molecule has 1 aromatic rings. The van der Waals surface area contributed by atoms with E-state index in [1.165, 1.54) is 16.9 Å². The summed E-state index contributed by atoms with van der Waals surface area (Å²) < 4.78 is 0. The first-order valence-electron chi connectivity index (χ1n) is 8.09. The van der Waals surface area contributed by atoms with Crippen LogP contribution in [-0.2, 0) is 11.2 Å². The van der Waals surface area contributed by atoms with E-state index < -0.39 is 0 Å². The molecule has 0 aliphatic carbocycles. The molecule has 2 aliphatic rings. The first-order chi connectivity index (χ1) is 10.8. The highest BCUT2D eigenvalue weighted by molar-refractivity contribution is 8.07. The van der Waals surface area contributed by atoms with E-state index in [0.717, 1.165) is 37.6 Å². The van der Waals surface area contributed by atoms with Crippen molar-refractivity contribution in [2.75, 3.05) is 36.9 Å². The van der Waals surface area contributed by atoms with Gasteiger partial charge in [-0.05, 0) is 17.5 Å². The Morgan fingerprint density at radius 1 is 1.30 bits per heavy atom. The molecule has 128 valence electrons. The predicted octanol–water partition coefficient (Wildman–Crippen LogP) is 2.99. The molecular formula is C17H25ClN2OS2. The van der Waals surface area contributed by atoms with Crippen molar-refractivity contribution >= 4 is 41.8 Å². The number of nitrogens with one attached hydrogen (secondary N) is 1. The Morgan fingerprint density at radius 3 is 2.74 bits per heavy atom. The molecular weight excluding hydrogens is 348 g/mol. The highest BCUT2D eigenvalue weighted by Crippen LogP contribution is 2.30. The molecule has 1 amide bonds. The zero-order valence-electron chi connectivity index (χ0n) is 13.5. The van der Waals surface area contributed by atoms with Crippen LogP contribution in [0.4, 0.5) is 0 Å². The van der Waals surface area contributed by atoms with E-state index in [0.29, 0.717) is 5.91 Å². The third-order valence-electron chi connectivity index (χ3n) is 4.39. The summed E-state index contributed by atoms with van der Waals surface area (Å²) in [4.78, 5) is 15.0. The third kappa shape index (κ3) is 4.59. The van der Waals surface area contributed by atoms with Crippen molar-refractivity contribution in [1.29, 1.82) is 0 Å². The first kappa shape index (κ1) is 19.0. The lowest BCUT2D eigenvalue weighted by Crippen LogP contribution is -2.51. The number of carbonyl (C=O) groups excluding carboxylic acids is 1. The second-order valence-corrected chi connectivity index (χ2v) is 8.24. The van der Waals surface area contributed by atoms with Crippen LogP contribution in [0, 0.1) is 0 Å². The van der Waals surface area contributed by atoms with Crippen LogP contribution in [0.2, 0.25) is 0 Å². The molecule has 1 N–H and O–H groups in total. The maximum absolute atomic E-state index is 12.9. The molecule has 23 heavy (non-hydrogen) atoms. The normalized spacial score (nSPS) is 24.8. The molecule has 1 aromatic carbocycles. The van der Waals surface area contributed by atoms with Gasteiger partial charge in [0.2, 0.25) is 5.91 Å². The maximum atomic E-state index is 12.9. The fourth-order valence-corrected chi connectivity index (χ4v) is 5.67. The Morgan fingerprint density at radius 2 is 2.09 bits per heavy atom. The molecule has 2 atom stereocenters. The molecule has 0 bridgehead atoms. The molecule has 3 rings (SSSR count). The number of aryl methyl sites for hydroxylation is 1. The SMILES string of the molecule is CCc1ccc(C2CNCCN2C(=O)C2CSCCS2)cc1.Cl. The fourth-order valence-electron chi connectivity index (χ4n) is 3.06. The minimum absolute atomic E-state index is 0. The summed E-state index contributed by atoms with van der Waals surface area (Å²) in [5.41, 5.74) is 2.61. The summed E-state index contributed by atoms with van der Waals surface area (Å²) in [6, 6.07) is 8.95. The van der Waals surface area contributed by atoms with Gasteiger partial charge < -0.3 is 10.2 Å². The molecule has 0 aromatic heterocycles. The molecule has 0 spiro atoms. The van der Waals surface area contributed by atoms with Crippen LogP contribution in [0.3, 0.4) is 0 Å². The van der Waals surface area contributed by atoms with Gasteiger partial charge in [0.1, 0.15) is 0 Å². The monoisotopic (exact) mass is 372 g/mol. The largest absolute Gasteiger partial charge is 0.332 e. The molecule has 6 heteroatoms. The molecule has 3 nitrogen and oxygen atoms in total. The van der Waals surface area contributed by atoms with Gasteiger partial charge in [-0.15, -0.1) is 24.2 Å². The Labute approximate surface area is 153 Å². The number of thioether (sulfide) groups is 2. The highest BCUT2D eigenvalue weighted by Gasteiger charge is 2.33. The van der Waals surface area contributed by atoms with Crippen LogP contribution in [0.25, 0.3) is 0 Å². The van der Waals surface area contributed by atoms with Crippen molar-refractivity contribution in [2.45, 2.75) is 24.6 Å². The summed E-state index contributed by atoms with van der Waals surface area (Å²) in [5, 5.41) is 3.59. The number of hydrogen-bond donors (Lipinski definition) is 1. The van der Waals surface area contributed by atoms with E-state index in [4.69, 9.17) is 0 Å². The number of nitrogens with zero attached hydrogens (tertiary/aromatic N) is 1. The second-order valence-electron chi connectivity index (χ2n) is 5.78. The lowest BCUT2D eigenvalue weighted by Gasteiger charge is -2.39. The molecule has 2 saturated heterocycles. The van der Waals surface area contributed by atoms with Crippen LogP contribution >= 0.6 is 35.9 Å². The predicted molar refractivity (Wildman–Crippen MR) is 104 cm³/mol. The minimum Gasteiger partial charge on any atom is -0.332 e. The Kier molecular flexibility index (Phi) is 7.60. The lowest BCUT2D eigenvalue weighted by atomic mass is 10.0. The van der Waals surface area contributed by atoms with Gasteiger partial charge in [0.05, 0.1) is 11.3 Å². The van der Waals surface area contributed by atoms with Gasteiger partial charge in [0.15, 0.2) is 0 Å². The number of rotatable bonds is 3. The van der Waals surface area contributed by atoms with Gasteiger partial charge in [-0.3, -0.25) is 4.79 Å². The van der Waals surface area contributed by atoms with Gasteiger partial charge >= 0.3 is 0 Å². The summed E-state index contributed by atoms with van der Waals surface area (Å²) in [5.74, 6) is 3.58. The quantitative estimate of drug-likeness (QED) is 0.884. The molecule has 2 aliphatic heterocycles. The van der Waals surface area contributed by atoms with E-state index in [1.807, 2.05) is 23.5 Å². The average Bonchev–Trinajstić information content (AvgIpc) is 2.62. The van der Waals surface area contributed by atoms with Crippen molar-refractivity contribution in [1.82, 2.24) is 10.2 Å². The van der Waals surface area contributed by atoms with Crippen molar-refractivity contribution in [3.05, 3.63) is 35.4 Å². The smallest absolute Gasteiger partial charge is 0.237 e. The first-order valence-corrected chi connectivity index (χ1v) is 10.3. The van der Waals surface area contributed by atoms with E-state index in [1.54, 1.807) is 0 Å². The van der Waals surface area contributed by atoms with Gasteiger partial charge in [0.25, 0.3) is 0 Å². The molecule has 0 radical (unpaired) electrons. The van der Waals surface area contributed by atoms with Crippen LogP contribution in [0.1, 0.15) is 24.1 Å². The Bertz CT molecular complexity index is 506. The van der Waals surface area contributed by atoms with Crippen LogP contribution in [0.5, 0.6) is 0 Å². The van der Waals surface area contributed by atoms with Crippen LogP contribution < -0.4 is 5.32 Å². The van der Waals surface area contributed by atoms with Crippen LogP contribution in [-0.4, -0.2) is 52.9 Å². The van der Waals surface area contributed by atoms with Crippen molar-refractivity contribution in [3.8, 4) is 0 Å². The average molecular weight is 373 g/mol. The minimum atomic E-state index is 0. The summed E-state index contributed by atoms with van der Waals surface area (Å²) in [6.07, 6.45) is 1.06. The second kappa shape index (κ2) is 9.21. The van der Waals surface area contributed by atoms with Crippen molar-refractivity contribution in [2.24, 2.45) is 0 Å². The Hall–Kier alpha value is -0.360. The summed E-state index contributed by atoms with van der Waals surface area (Å²) in [7, 11) is 0. The van der Waals surface area contributed by atoms with Gasteiger partial charge in [-0.2, -0.15) is 11.8 Å². The van der Waals surface area contributed by atoms with E-state index in [2.05, 4.69) is 41.4 Å². The maximum Gasteiger partial charge on any atom is 0.237 e. The number of benzene rings is 1. The standard InChI is InChI=1S/C17H24N2OS2.ClH/c1-2-13-3-5-14(6-4-13)15-11-18-7-8-19(15)17(20)16-12-21-9-10-22-16;/h3-6,15-16,18H,2,7-12H2,1H3;1H. The van der Waals surface area contributed by atoms with E-state index in [9.17, 15) is 4.79 Å². The molecule has 2 heterocycles. The third-order valence-corrected chi connectivity index (χ3v) is 7.13. The van der Waals surface area contributed by atoms with Gasteiger partial charge in [-0.1, -0.05) is 31.2 Å². The van der Waals surface area contributed by atoms with Gasteiger partial charge in [0, 0.05) is 36.9 Å². The fraction of sp³-hybridized carbons (Fsp3) is 0.588. The zero-order chi connectivity index (χ0) is 15.4. The Balaban J connectivity index is 0.00000192. The molecule has 2 unspecified atom stereocenters. The number of amides is 1. The van der Waals surface area contributed by atoms with Crippen molar-refractivity contribution < 1.29 is 4.79 Å². The summed E-state index contributed by atoms with van der Waals surface area (Å²) >= 11 is 3.75. The van der Waals surface area contributed by atoms with E-state index in [-0.39, 0.29) is 23.7 Å². The summed E-state index contributed by atoms with van der Waals surface area (Å²) in [6.45, 7) is 4.76. The number of hydrogen-bond acceptors (Lipinski definition) is 4. The van der Waals surface area contributed by atoms with Crippen LogP contribution in [0.15, 0.2) is 24.3 Å². The molecule has 2 fully saturated rings. The zero-order valence-corrected chi connectivity index (χ0v) is 15.9. The number of carbonyl (C=O) groups is 1. The number of halogens is 1. The van der Waals surface area contributed by atoms with E-state index >= 15 is 0 Å². The number of piperazine rings is 1. The van der Waals surface area contributed by atoms with Crippen molar-refractivity contribution in [3.63, 3.8) is 0 Å². The topological polar surface area (TPSA) is 32.3 Å². The van der Waals surface area contributed by atoms with Gasteiger partial charge in [-0.25, -0.2) is 0 Å². The molecule has 0 saturated carbocycles. The lowest BCUT2D eigenvalue weighted by molar-refractivity contribution is -0.133. The highest BCUT2D eigenvalue weighted by atomic mass is 35.5.